The summed E-state index contributed by atoms with van der Waals surface area (Å²) < 4.78 is 2.76. The van der Waals surface area contributed by atoms with E-state index in [1.54, 1.807) is 29.4 Å². The van der Waals surface area contributed by atoms with Crippen molar-refractivity contribution in [3.8, 4) is 0 Å². The molecule has 0 fully saturated rings. The van der Waals surface area contributed by atoms with Gasteiger partial charge in [-0.05, 0) is 18.2 Å². The van der Waals surface area contributed by atoms with Gasteiger partial charge in [-0.25, -0.2) is 0 Å². The summed E-state index contributed by atoms with van der Waals surface area (Å²) in [5.74, 6) is 0.768. The van der Waals surface area contributed by atoms with Crippen LogP contribution in [0, 0.1) is 0 Å². The number of carbonyl (C=O) groups is 1. The predicted molar refractivity (Wildman–Crippen MR) is 73.3 cm³/mol. The number of fused-ring (bicyclic) bond motifs is 1. The summed E-state index contributed by atoms with van der Waals surface area (Å²) in [5, 5.41) is 7.85. The zero-order valence-electron chi connectivity index (χ0n) is 10.1. The molecule has 0 atom stereocenters. The highest BCUT2D eigenvalue weighted by molar-refractivity contribution is 9.10. The number of nitrogen functional groups attached to an aromatic ring is 1. The second-order valence-electron chi connectivity index (χ2n) is 4.44. The maximum Gasteiger partial charge on any atom is 0.254 e. The van der Waals surface area contributed by atoms with Crippen LogP contribution >= 0.6 is 15.9 Å². The molecule has 0 saturated carbocycles. The quantitative estimate of drug-likeness (QED) is 0.803. The first kappa shape index (κ1) is 12.2. The Kier molecular flexibility index (Phi) is 2.98. The van der Waals surface area contributed by atoms with Crippen LogP contribution in [0.3, 0.4) is 0 Å². The molecule has 0 saturated heterocycles. The molecule has 6 nitrogen and oxygen atoms in total. The number of benzene rings is 1. The molecular weight excluding hydrogens is 310 g/mol. The van der Waals surface area contributed by atoms with Gasteiger partial charge in [-0.1, -0.05) is 15.9 Å². The molecule has 3 rings (SSSR count). The SMILES string of the molecule is Nc1cc(Br)cc(C(=O)N2CCn3cnnc3C2)c1. The Bertz CT molecular complexity index is 619. The standard InChI is InChI=1S/C12H12BrN5O/c13-9-3-8(4-10(14)5-9)12(19)17-1-2-18-7-15-16-11(18)6-17/h3-5,7H,1-2,6,14H2. The summed E-state index contributed by atoms with van der Waals surface area (Å²) in [5.41, 5.74) is 6.91. The molecule has 2 heterocycles. The molecule has 2 N–H and O–H groups in total. The van der Waals surface area contributed by atoms with E-state index in [0.29, 0.717) is 24.3 Å². The fourth-order valence-electron chi connectivity index (χ4n) is 2.16. The molecule has 0 bridgehead atoms. The summed E-state index contributed by atoms with van der Waals surface area (Å²) in [6, 6.07) is 5.23. The fraction of sp³-hybridized carbons (Fsp3) is 0.250. The highest BCUT2D eigenvalue weighted by Gasteiger charge is 2.23. The van der Waals surface area contributed by atoms with Crippen LogP contribution < -0.4 is 5.73 Å². The van der Waals surface area contributed by atoms with Crippen LogP contribution in [0.2, 0.25) is 0 Å². The highest BCUT2D eigenvalue weighted by Crippen LogP contribution is 2.20. The Hall–Kier alpha value is -1.89. The van der Waals surface area contributed by atoms with Gasteiger partial charge in [-0.2, -0.15) is 0 Å². The Labute approximate surface area is 118 Å². The van der Waals surface area contributed by atoms with Gasteiger partial charge in [-0.15, -0.1) is 10.2 Å². The van der Waals surface area contributed by atoms with Crippen LogP contribution in [0.1, 0.15) is 16.2 Å². The van der Waals surface area contributed by atoms with Gasteiger partial charge in [0.25, 0.3) is 5.91 Å². The van der Waals surface area contributed by atoms with E-state index < -0.39 is 0 Å². The van der Waals surface area contributed by atoms with Crippen LogP contribution in [0.15, 0.2) is 29.0 Å². The van der Waals surface area contributed by atoms with Crippen molar-refractivity contribution in [3.05, 3.63) is 40.4 Å². The molecule has 1 amide bonds. The van der Waals surface area contributed by atoms with Gasteiger partial charge in [0.05, 0.1) is 6.54 Å². The third kappa shape index (κ3) is 2.33. The third-order valence-electron chi connectivity index (χ3n) is 3.09. The Morgan fingerprint density at radius 2 is 2.16 bits per heavy atom. The summed E-state index contributed by atoms with van der Waals surface area (Å²) in [4.78, 5) is 14.2. The van der Waals surface area contributed by atoms with E-state index in [4.69, 9.17) is 5.73 Å². The van der Waals surface area contributed by atoms with E-state index in [9.17, 15) is 4.79 Å². The van der Waals surface area contributed by atoms with Crippen molar-refractivity contribution in [2.75, 3.05) is 12.3 Å². The van der Waals surface area contributed by atoms with Crippen LogP contribution in [-0.4, -0.2) is 32.1 Å². The smallest absolute Gasteiger partial charge is 0.254 e. The minimum atomic E-state index is -0.0396. The number of anilines is 1. The van der Waals surface area contributed by atoms with Gasteiger partial charge in [0.15, 0.2) is 5.82 Å². The number of amides is 1. The minimum Gasteiger partial charge on any atom is -0.399 e. The molecule has 19 heavy (non-hydrogen) atoms. The molecule has 0 unspecified atom stereocenters. The molecule has 7 heteroatoms. The lowest BCUT2D eigenvalue weighted by molar-refractivity contribution is 0.0707. The van der Waals surface area contributed by atoms with E-state index in [-0.39, 0.29) is 5.91 Å². The number of rotatable bonds is 1. The van der Waals surface area contributed by atoms with Crippen LogP contribution in [-0.2, 0) is 13.1 Å². The van der Waals surface area contributed by atoms with Gasteiger partial charge in [-0.3, -0.25) is 4.79 Å². The van der Waals surface area contributed by atoms with Crippen molar-refractivity contribution in [1.29, 1.82) is 0 Å². The third-order valence-corrected chi connectivity index (χ3v) is 3.55. The molecule has 1 aromatic carbocycles. The number of nitrogens with zero attached hydrogens (tertiary/aromatic N) is 4. The molecule has 1 aliphatic rings. The number of halogens is 1. The lowest BCUT2D eigenvalue weighted by Crippen LogP contribution is -2.38. The normalized spacial score (nSPS) is 14.3. The van der Waals surface area contributed by atoms with E-state index in [1.165, 1.54) is 0 Å². The molecule has 98 valence electrons. The average molecular weight is 322 g/mol. The minimum absolute atomic E-state index is 0.0396. The first-order valence-electron chi connectivity index (χ1n) is 5.85. The lowest BCUT2D eigenvalue weighted by Gasteiger charge is -2.27. The summed E-state index contributed by atoms with van der Waals surface area (Å²) in [6.07, 6.45) is 1.69. The maximum absolute atomic E-state index is 12.4. The Morgan fingerprint density at radius 1 is 1.32 bits per heavy atom. The number of aromatic nitrogens is 3. The van der Waals surface area contributed by atoms with Gasteiger partial charge >= 0.3 is 0 Å². The first-order valence-corrected chi connectivity index (χ1v) is 6.65. The van der Waals surface area contributed by atoms with E-state index >= 15 is 0 Å². The zero-order chi connectivity index (χ0) is 13.4. The van der Waals surface area contributed by atoms with Crippen LogP contribution in [0.25, 0.3) is 0 Å². The second kappa shape index (κ2) is 4.65. The van der Waals surface area contributed by atoms with Gasteiger partial charge in [0.2, 0.25) is 0 Å². The molecule has 1 aliphatic heterocycles. The largest absolute Gasteiger partial charge is 0.399 e. The van der Waals surface area contributed by atoms with E-state index in [1.807, 2.05) is 4.57 Å². The number of hydrogen-bond acceptors (Lipinski definition) is 4. The summed E-state index contributed by atoms with van der Waals surface area (Å²) >= 11 is 3.35. The van der Waals surface area contributed by atoms with Crippen LogP contribution in [0.4, 0.5) is 5.69 Å². The van der Waals surface area contributed by atoms with Crippen molar-refractivity contribution in [1.82, 2.24) is 19.7 Å². The van der Waals surface area contributed by atoms with Crippen molar-refractivity contribution in [2.45, 2.75) is 13.1 Å². The monoisotopic (exact) mass is 321 g/mol. The molecular formula is C12H12BrN5O. The van der Waals surface area contributed by atoms with Gasteiger partial charge < -0.3 is 15.2 Å². The highest BCUT2D eigenvalue weighted by atomic mass is 79.9. The van der Waals surface area contributed by atoms with Crippen molar-refractivity contribution in [2.24, 2.45) is 0 Å². The zero-order valence-corrected chi connectivity index (χ0v) is 11.7. The fourth-order valence-corrected chi connectivity index (χ4v) is 2.67. The molecule has 0 aliphatic carbocycles. The number of carbonyl (C=O) groups excluding carboxylic acids is 1. The van der Waals surface area contributed by atoms with Crippen molar-refractivity contribution in [3.63, 3.8) is 0 Å². The maximum atomic E-state index is 12.4. The molecule has 1 aromatic heterocycles. The van der Waals surface area contributed by atoms with Crippen LogP contribution in [0.5, 0.6) is 0 Å². The molecule has 0 radical (unpaired) electrons. The molecule has 2 aromatic rings. The molecule has 0 spiro atoms. The van der Waals surface area contributed by atoms with Crippen molar-refractivity contribution >= 4 is 27.5 Å². The van der Waals surface area contributed by atoms with Gasteiger partial charge in [0, 0.05) is 28.8 Å². The van der Waals surface area contributed by atoms with Crippen molar-refractivity contribution < 1.29 is 4.79 Å². The first-order chi connectivity index (χ1) is 9.13. The summed E-state index contributed by atoms with van der Waals surface area (Å²) in [6.45, 7) is 1.85. The topological polar surface area (TPSA) is 77.0 Å². The average Bonchev–Trinajstić information content (AvgIpc) is 2.83. The van der Waals surface area contributed by atoms with Gasteiger partial charge in [0.1, 0.15) is 6.33 Å². The van der Waals surface area contributed by atoms with E-state index in [2.05, 4.69) is 26.1 Å². The number of nitrogens with two attached hydrogens (primary N) is 1. The summed E-state index contributed by atoms with van der Waals surface area (Å²) in [7, 11) is 0. The van der Waals surface area contributed by atoms with E-state index in [0.717, 1.165) is 16.8 Å². The number of hydrogen-bond donors (Lipinski definition) is 1. The predicted octanol–water partition coefficient (Wildman–Crippen LogP) is 1.28. The Morgan fingerprint density at radius 3 is 2.95 bits per heavy atom. The Balaban J connectivity index is 1.85. The second-order valence-corrected chi connectivity index (χ2v) is 5.36. The lowest BCUT2D eigenvalue weighted by atomic mass is 10.1.